The van der Waals surface area contributed by atoms with Crippen LogP contribution in [-0.2, 0) is 11.2 Å². The van der Waals surface area contributed by atoms with Crippen LogP contribution in [0.3, 0.4) is 0 Å². The number of aromatic nitrogens is 2. The summed E-state index contributed by atoms with van der Waals surface area (Å²) in [5.41, 5.74) is 1.70. The first-order valence-electron chi connectivity index (χ1n) is 8.10. The Morgan fingerprint density at radius 2 is 1.92 bits per heavy atom. The van der Waals surface area contributed by atoms with Gasteiger partial charge in [0.2, 0.25) is 5.91 Å². The van der Waals surface area contributed by atoms with Crippen molar-refractivity contribution in [3.8, 4) is 5.69 Å². The van der Waals surface area contributed by atoms with Gasteiger partial charge in [-0.2, -0.15) is 5.10 Å². The molecule has 2 aromatic rings. The number of carbonyl (C=O) groups excluding carboxylic acids is 1. The van der Waals surface area contributed by atoms with Gasteiger partial charge < -0.3 is 5.32 Å². The third-order valence-corrected chi connectivity index (χ3v) is 4.26. The number of benzene rings is 1. The molecule has 1 amide bonds. The van der Waals surface area contributed by atoms with Crippen LogP contribution in [0.4, 0.5) is 8.78 Å². The molecule has 0 saturated heterocycles. The Morgan fingerprint density at radius 1 is 1.25 bits per heavy atom. The number of rotatable bonds is 2. The number of nitrogens with zero attached hydrogens (tertiary/aromatic N) is 2. The van der Waals surface area contributed by atoms with Gasteiger partial charge in [0.25, 0.3) is 0 Å². The summed E-state index contributed by atoms with van der Waals surface area (Å²) in [5, 5.41) is 7.36. The molecule has 128 valence electrons. The Balaban J connectivity index is 1.94. The third kappa shape index (κ3) is 3.18. The van der Waals surface area contributed by atoms with Crippen molar-refractivity contribution >= 4 is 5.91 Å². The van der Waals surface area contributed by atoms with Gasteiger partial charge in [0.15, 0.2) is 0 Å². The van der Waals surface area contributed by atoms with Gasteiger partial charge in [-0.1, -0.05) is 20.8 Å². The molecule has 1 heterocycles. The summed E-state index contributed by atoms with van der Waals surface area (Å²) in [6.45, 7) is 5.60. The smallest absolute Gasteiger partial charge is 0.225 e. The maximum Gasteiger partial charge on any atom is 0.225 e. The second-order valence-corrected chi connectivity index (χ2v) is 7.25. The van der Waals surface area contributed by atoms with Gasteiger partial charge in [-0.15, -0.1) is 0 Å². The molecule has 1 aromatic carbocycles. The monoisotopic (exact) mass is 333 g/mol. The summed E-state index contributed by atoms with van der Waals surface area (Å²) in [6, 6.07) is 3.24. The first-order chi connectivity index (χ1) is 11.3. The standard InChI is InChI=1S/C18H21F2N3O/c1-18(2,3)17(24)22-15-5-4-6-16-14(15)10-21-23(16)13-8-11(19)7-12(20)9-13/h7-10,15H,4-6H2,1-3H3,(H,22,24)/t15-/m0/s1. The molecule has 0 aliphatic heterocycles. The van der Waals surface area contributed by atoms with Crippen molar-refractivity contribution in [1.82, 2.24) is 15.1 Å². The van der Waals surface area contributed by atoms with E-state index in [1.54, 1.807) is 10.9 Å². The van der Waals surface area contributed by atoms with Crippen LogP contribution in [0, 0.1) is 17.0 Å². The Morgan fingerprint density at radius 3 is 2.54 bits per heavy atom. The number of hydrogen-bond acceptors (Lipinski definition) is 2. The summed E-state index contributed by atoms with van der Waals surface area (Å²) in [4.78, 5) is 12.3. The van der Waals surface area contributed by atoms with E-state index in [-0.39, 0.29) is 11.9 Å². The van der Waals surface area contributed by atoms with Crippen LogP contribution in [-0.4, -0.2) is 15.7 Å². The van der Waals surface area contributed by atoms with Gasteiger partial charge in [0.1, 0.15) is 11.6 Å². The molecule has 3 rings (SSSR count). The van der Waals surface area contributed by atoms with E-state index in [9.17, 15) is 13.6 Å². The lowest BCUT2D eigenvalue weighted by Gasteiger charge is -2.27. The lowest BCUT2D eigenvalue weighted by atomic mass is 9.90. The maximum atomic E-state index is 13.5. The molecule has 1 atom stereocenters. The summed E-state index contributed by atoms with van der Waals surface area (Å²) < 4.78 is 28.6. The molecule has 0 spiro atoms. The molecule has 24 heavy (non-hydrogen) atoms. The van der Waals surface area contributed by atoms with Crippen LogP contribution in [0.15, 0.2) is 24.4 Å². The van der Waals surface area contributed by atoms with Crippen molar-refractivity contribution in [3.05, 3.63) is 47.3 Å². The lowest BCUT2D eigenvalue weighted by Crippen LogP contribution is -2.38. The van der Waals surface area contributed by atoms with Crippen molar-refractivity contribution < 1.29 is 13.6 Å². The van der Waals surface area contributed by atoms with E-state index < -0.39 is 17.0 Å². The number of nitrogens with one attached hydrogen (secondary N) is 1. The number of halogens is 2. The summed E-state index contributed by atoms with van der Waals surface area (Å²) in [6.07, 6.45) is 4.16. The minimum Gasteiger partial charge on any atom is -0.349 e. The van der Waals surface area contributed by atoms with Gasteiger partial charge >= 0.3 is 0 Å². The molecule has 0 radical (unpaired) electrons. The van der Waals surface area contributed by atoms with Crippen molar-refractivity contribution in [2.75, 3.05) is 0 Å². The molecule has 0 bridgehead atoms. The van der Waals surface area contributed by atoms with E-state index in [0.29, 0.717) is 5.69 Å². The van der Waals surface area contributed by atoms with Crippen molar-refractivity contribution in [2.45, 2.75) is 46.1 Å². The van der Waals surface area contributed by atoms with E-state index in [0.717, 1.165) is 36.6 Å². The van der Waals surface area contributed by atoms with Crippen molar-refractivity contribution in [3.63, 3.8) is 0 Å². The average Bonchev–Trinajstić information content (AvgIpc) is 2.90. The zero-order chi connectivity index (χ0) is 17.5. The average molecular weight is 333 g/mol. The largest absolute Gasteiger partial charge is 0.349 e. The molecule has 0 unspecified atom stereocenters. The molecule has 1 aromatic heterocycles. The fourth-order valence-corrected chi connectivity index (χ4v) is 2.97. The van der Waals surface area contributed by atoms with Crippen LogP contribution >= 0.6 is 0 Å². The van der Waals surface area contributed by atoms with Crippen molar-refractivity contribution in [2.24, 2.45) is 5.41 Å². The quantitative estimate of drug-likeness (QED) is 0.911. The minimum atomic E-state index is -0.636. The van der Waals surface area contributed by atoms with E-state index in [1.807, 2.05) is 20.8 Å². The third-order valence-electron chi connectivity index (χ3n) is 4.26. The minimum absolute atomic E-state index is 0.0232. The van der Waals surface area contributed by atoms with Gasteiger partial charge in [-0.05, 0) is 31.4 Å². The Bertz CT molecular complexity index is 757. The molecule has 1 N–H and O–H groups in total. The molecular formula is C18H21F2N3O. The van der Waals surface area contributed by atoms with Gasteiger partial charge in [-0.25, -0.2) is 13.5 Å². The first-order valence-corrected chi connectivity index (χ1v) is 8.10. The van der Waals surface area contributed by atoms with Crippen LogP contribution in [0.2, 0.25) is 0 Å². The second kappa shape index (κ2) is 6.00. The van der Waals surface area contributed by atoms with Gasteiger partial charge in [0, 0.05) is 22.7 Å². The number of fused-ring (bicyclic) bond motifs is 1. The van der Waals surface area contributed by atoms with E-state index in [1.165, 1.54) is 12.1 Å². The van der Waals surface area contributed by atoms with E-state index >= 15 is 0 Å². The Labute approximate surface area is 139 Å². The van der Waals surface area contributed by atoms with Crippen LogP contribution in [0.5, 0.6) is 0 Å². The van der Waals surface area contributed by atoms with Gasteiger partial charge in [-0.3, -0.25) is 4.79 Å². The SMILES string of the molecule is CC(C)(C)C(=O)N[C@H]1CCCc2c1cnn2-c1cc(F)cc(F)c1. The summed E-state index contributed by atoms with van der Waals surface area (Å²) in [5.74, 6) is -1.30. The highest BCUT2D eigenvalue weighted by Gasteiger charge is 2.29. The van der Waals surface area contributed by atoms with Crippen LogP contribution in [0.25, 0.3) is 5.69 Å². The topological polar surface area (TPSA) is 46.9 Å². The zero-order valence-corrected chi connectivity index (χ0v) is 14.1. The molecule has 0 saturated carbocycles. The predicted molar refractivity (Wildman–Crippen MR) is 86.8 cm³/mol. The van der Waals surface area contributed by atoms with E-state index in [4.69, 9.17) is 0 Å². The fraction of sp³-hybridized carbons (Fsp3) is 0.444. The summed E-state index contributed by atoms with van der Waals surface area (Å²) in [7, 11) is 0. The van der Waals surface area contributed by atoms with E-state index in [2.05, 4.69) is 10.4 Å². The molecule has 1 aliphatic rings. The normalized spacial score (nSPS) is 17.5. The highest BCUT2D eigenvalue weighted by atomic mass is 19.1. The first kappa shape index (κ1) is 16.6. The van der Waals surface area contributed by atoms with Crippen LogP contribution in [0.1, 0.15) is 50.9 Å². The number of carbonyl (C=O) groups is 1. The van der Waals surface area contributed by atoms with Gasteiger partial charge in [0.05, 0.1) is 17.9 Å². The summed E-state index contributed by atoms with van der Waals surface area (Å²) >= 11 is 0. The number of hydrogen-bond donors (Lipinski definition) is 1. The number of amides is 1. The Hall–Kier alpha value is -2.24. The second-order valence-electron chi connectivity index (χ2n) is 7.25. The molecular weight excluding hydrogens is 312 g/mol. The highest BCUT2D eigenvalue weighted by Crippen LogP contribution is 2.32. The molecule has 6 heteroatoms. The Kier molecular flexibility index (Phi) is 4.15. The maximum absolute atomic E-state index is 13.5. The molecule has 4 nitrogen and oxygen atoms in total. The molecule has 0 fully saturated rings. The zero-order valence-electron chi connectivity index (χ0n) is 14.1. The van der Waals surface area contributed by atoms with Crippen molar-refractivity contribution in [1.29, 1.82) is 0 Å². The predicted octanol–water partition coefficient (Wildman–Crippen LogP) is 3.69. The highest BCUT2D eigenvalue weighted by molar-refractivity contribution is 5.81. The molecule has 1 aliphatic carbocycles. The lowest BCUT2D eigenvalue weighted by molar-refractivity contribution is -0.129. The fourth-order valence-electron chi connectivity index (χ4n) is 2.97. The van der Waals surface area contributed by atoms with Crippen LogP contribution < -0.4 is 5.32 Å².